The average Bonchev–Trinajstić information content (AvgIpc) is 2.37. The molecular weight excluding hydrogens is 277 g/mol. The lowest BCUT2D eigenvalue weighted by atomic mass is 10.1. The van der Waals surface area contributed by atoms with Gasteiger partial charge in [0.15, 0.2) is 6.10 Å². The number of aliphatic hydroxyl groups excluding tert-OH is 1. The maximum atomic E-state index is 12.5. The molecular formula is C12H11F3N2O3. The summed E-state index contributed by atoms with van der Waals surface area (Å²) in [5.41, 5.74) is 3.98. The first kappa shape index (κ1) is 15.7. The molecule has 0 fully saturated rings. The summed E-state index contributed by atoms with van der Waals surface area (Å²) in [4.78, 5) is 14.3. The number of nitrogens with two attached hydrogens (primary N) is 1. The molecule has 0 aliphatic heterocycles. The zero-order valence-corrected chi connectivity index (χ0v) is 10.0. The van der Waals surface area contributed by atoms with Crippen molar-refractivity contribution in [1.82, 2.24) is 0 Å². The molecule has 0 aliphatic rings. The Morgan fingerprint density at radius 2 is 1.95 bits per heavy atom. The number of carbonyl (C=O) groups is 1. The van der Waals surface area contributed by atoms with Crippen molar-refractivity contribution in [2.75, 3.05) is 0 Å². The van der Waals surface area contributed by atoms with Gasteiger partial charge in [0.25, 0.3) is 0 Å². The van der Waals surface area contributed by atoms with Crippen molar-refractivity contribution in [3.8, 4) is 0 Å². The van der Waals surface area contributed by atoms with Crippen LogP contribution in [-0.2, 0) is 4.79 Å². The Balaban J connectivity index is 3.15. The SMILES string of the molecule is N/C=C(\C=Nc1ccccc1C(O)C(F)(F)F)C(=O)O. The van der Waals surface area contributed by atoms with Crippen molar-refractivity contribution in [3.63, 3.8) is 0 Å². The number of hydrogen-bond acceptors (Lipinski definition) is 4. The molecule has 0 aromatic heterocycles. The van der Waals surface area contributed by atoms with Gasteiger partial charge in [-0.1, -0.05) is 18.2 Å². The lowest BCUT2D eigenvalue weighted by Crippen LogP contribution is -2.20. The molecule has 0 saturated heterocycles. The lowest BCUT2D eigenvalue weighted by molar-refractivity contribution is -0.206. The topological polar surface area (TPSA) is 95.9 Å². The predicted octanol–water partition coefficient (Wildman–Crippen LogP) is 1.91. The molecule has 1 atom stereocenters. The van der Waals surface area contributed by atoms with Gasteiger partial charge in [-0.15, -0.1) is 0 Å². The van der Waals surface area contributed by atoms with E-state index in [0.29, 0.717) is 0 Å². The summed E-state index contributed by atoms with van der Waals surface area (Å²) < 4.78 is 37.4. The number of aliphatic carboxylic acids is 1. The first-order chi connectivity index (χ1) is 9.27. The fourth-order valence-corrected chi connectivity index (χ4v) is 1.32. The van der Waals surface area contributed by atoms with Gasteiger partial charge >= 0.3 is 12.1 Å². The molecule has 108 valence electrons. The van der Waals surface area contributed by atoms with Crippen LogP contribution in [0.25, 0.3) is 0 Å². The standard InChI is InChI=1S/C12H11F3N2O3/c13-12(14,15)10(18)8-3-1-2-4-9(8)17-6-7(5-16)11(19)20/h1-6,10,18H,16H2,(H,19,20)/b7-5+,17-6?. The van der Waals surface area contributed by atoms with Gasteiger partial charge in [0.05, 0.1) is 11.3 Å². The molecule has 0 aliphatic carbocycles. The van der Waals surface area contributed by atoms with Gasteiger partial charge < -0.3 is 15.9 Å². The van der Waals surface area contributed by atoms with Crippen molar-refractivity contribution >= 4 is 17.9 Å². The number of benzene rings is 1. The van der Waals surface area contributed by atoms with Gasteiger partial charge in [-0.25, -0.2) is 4.79 Å². The Bertz CT molecular complexity index is 553. The van der Waals surface area contributed by atoms with Crippen LogP contribution in [0.4, 0.5) is 18.9 Å². The number of carboxylic acids is 1. The number of carboxylic acid groups (broad SMARTS) is 1. The van der Waals surface area contributed by atoms with Crippen LogP contribution in [-0.4, -0.2) is 28.6 Å². The molecule has 4 N–H and O–H groups in total. The minimum atomic E-state index is -4.84. The molecule has 0 spiro atoms. The van der Waals surface area contributed by atoms with Crippen LogP contribution in [0.2, 0.25) is 0 Å². The monoisotopic (exact) mass is 288 g/mol. The molecule has 20 heavy (non-hydrogen) atoms. The number of para-hydroxylation sites is 1. The summed E-state index contributed by atoms with van der Waals surface area (Å²) in [5.74, 6) is -1.37. The highest BCUT2D eigenvalue weighted by Crippen LogP contribution is 2.36. The summed E-state index contributed by atoms with van der Waals surface area (Å²) in [7, 11) is 0. The number of aliphatic imine (C=N–C) groups is 1. The summed E-state index contributed by atoms with van der Waals surface area (Å²) in [5, 5.41) is 17.9. The fraction of sp³-hybridized carbons (Fsp3) is 0.167. The van der Waals surface area contributed by atoms with Crippen LogP contribution < -0.4 is 5.73 Å². The zero-order chi connectivity index (χ0) is 15.3. The normalized spacial score (nSPS) is 14.5. The summed E-state index contributed by atoms with van der Waals surface area (Å²) in [6, 6.07) is 4.99. The van der Waals surface area contributed by atoms with E-state index in [-0.39, 0.29) is 11.3 Å². The first-order valence-electron chi connectivity index (χ1n) is 5.30. The quantitative estimate of drug-likeness (QED) is 0.582. The van der Waals surface area contributed by atoms with E-state index in [2.05, 4.69) is 4.99 Å². The minimum absolute atomic E-state index is 0.196. The molecule has 0 radical (unpaired) electrons. The molecule has 1 unspecified atom stereocenters. The molecule has 1 rings (SSSR count). The van der Waals surface area contributed by atoms with Crippen molar-refractivity contribution < 1.29 is 28.2 Å². The second-order valence-corrected chi connectivity index (χ2v) is 3.69. The van der Waals surface area contributed by atoms with Gasteiger partial charge in [0, 0.05) is 18.0 Å². The maximum Gasteiger partial charge on any atom is 0.418 e. The highest BCUT2D eigenvalue weighted by molar-refractivity contribution is 6.08. The number of rotatable bonds is 4. The molecule has 0 bridgehead atoms. The first-order valence-corrected chi connectivity index (χ1v) is 5.30. The van der Waals surface area contributed by atoms with Gasteiger partial charge in [0.1, 0.15) is 0 Å². The number of nitrogens with zero attached hydrogens (tertiary/aromatic N) is 1. The van der Waals surface area contributed by atoms with E-state index in [4.69, 9.17) is 10.8 Å². The Morgan fingerprint density at radius 3 is 2.45 bits per heavy atom. The largest absolute Gasteiger partial charge is 0.478 e. The van der Waals surface area contributed by atoms with Crippen LogP contribution in [0.1, 0.15) is 11.7 Å². The highest BCUT2D eigenvalue weighted by Gasteiger charge is 2.40. The smallest absolute Gasteiger partial charge is 0.418 e. The van der Waals surface area contributed by atoms with E-state index in [1.807, 2.05) is 0 Å². The van der Waals surface area contributed by atoms with Gasteiger partial charge in [-0.2, -0.15) is 13.2 Å². The number of aliphatic hydroxyl groups is 1. The molecule has 5 nitrogen and oxygen atoms in total. The third kappa shape index (κ3) is 3.82. The third-order valence-electron chi connectivity index (χ3n) is 2.31. The second-order valence-electron chi connectivity index (χ2n) is 3.69. The second kappa shape index (κ2) is 6.20. The van der Waals surface area contributed by atoms with Gasteiger partial charge in [-0.05, 0) is 6.07 Å². The van der Waals surface area contributed by atoms with E-state index in [1.165, 1.54) is 18.2 Å². The van der Waals surface area contributed by atoms with E-state index in [9.17, 15) is 23.1 Å². The minimum Gasteiger partial charge on any atom is -0.478 e. The maximum absolute atomic E-state index is 12.5. The molecule has 0 heterocycles. The Morgan fingerprint density at radius 1 is 1.35 bits per heavy atom. The Labute approximate surface area is 111 Å². The van der Waals surface area contributed by atoms with Crippen LogP contribution in [0, 0.1) is 0 Å². The van der Waals surface area contributed by atoms with E-state index < -0.39 is 23.8 Å². The van der Waals surface area contributed by atoms with Crippen LogP contribution in [0.3, 0.4) is 0 Å². The third-order valence-corrected chi connectivity index (χ3v) is 2.31. The molecule has 1 aromatic carbocycles. The summed E-state index contributed by atoms with van der Waals surface area (Å²) >= 11 is 0. The van der Waals surface area contributed by atoms with E-state index in [1.54, 1.807) is 0 Å². The van der Waals surface area contributed by atoms with Crippen LogP contribution in [0.15, 0.2) is 41.0 Å². The number of alkyl halides is 3. The fourth-order valence-electron chi connectivity index (χ4n) is 1.32. The highest BCUT2D eigenvalue weighted by atomic mass is 19.4. The Hall–Kier alpha value is -2.35. The molecule has 0 saturated carbocycles. The van der Waals surface area contributed by atoms with Crippen molar-refractivity contribution in [1.29, 1.82) is 0 Å². The van der Waals surface area contributed by atoms with Crippen LogP contribution in [0.5, 0.6) is 0 Å². The molecule has 8 heteroatoms. The Kier molecular flexibility index (Phi) is 4.87. The van der Waals surface area contributed by atoms with Crippen molar-refractivity contribution in [2.24, 2.45) is 10.7 Å². The number of hydrogen-bond donors (Lipinski definition) is 3. The number of halogens is 3. The van der Waals surface area contributed by atoms with E-state index >= 15 is 0 Å². The van der Waals surface area contributed by atoms with Crippen molar-refractivity contribution in [2.45, 2.75) is 12.3 Å². The molecule has 1 aromatic rings. The van der Waals surface area contributed by atoms with E-state index in [0.717, 1.165) is 18.5 Å². The van der Waals surface area contributed by atoms with Gasteiger partial charge in [-0.3, -0.25) is 4.99 Å². The molecule has 0 amide bonds. The van der Waals surface area contributed by atoms with Crippen LogP contribution >= 0.6 is 0 Å². The summed E-state index contributed by atoms with van der Waals surface area (Å²) in [6.07, 6.45) is -5.98. The summed E-state index contributed by atoms with van der Waals surface area (Å²) in [6.45, 7) is 0. The predicted molar refractivity (Wildman–Crippen MR) is 65.5 cm³/mol. The average molecular weight is 288 g/mol. The zero-order valence-electron chi connectivity index (χ0n) is 10.0. The van der Waals surface area contributed by atoms with Gasteiger partial charge in [0.2, 0.25) is 0 Å². The lowest BCUT2D eigenvalue weighted by Gasteiger charge is -2.16. The van der Waals surface area contributed by atoms with Crippen molar-refractivity contribution in [3.05, 3.63) is 41.6 Å².